The van der Waals surface area contributed by atoms with E-state index in [-0.39, 0.29) is 12.2 Å². The lowest BCUT2D eigenvalue weighted by atomic mass is 10.0. The van der Waals surface area contributed by atoms with Crippen molar-refractivity contribution in [3.05, 3.63) is 71.2 Å². The minimum atomic E-state index is -0.698. The van der Waals surface area contributed by atoms with Crippen LogP contribution >= 0.6 is 11.8 Å². The van der Waals surface area contributed by atoms with Crippen LogP contribution in [0, 0.1) is 5.82 Å². The molecule has 2 fully saturated rings. The van der Waals surface area contributed by atoms with Crippen molar-refractivity contribution in [2.24, 2.45) is 0 Å². The summed E-state index contributed by atoms with van der Waals surface area (Å²) in [6.07, 6.45) is 5.14. The number of benzene rings is 2. The first-order chi connectivity index (χ1) is 16.4. The zero-order chi connectivity index (χ0) is 23.8. The molecule has 2 aromatic carbocycles. The van der Waals surface area contributed by atoms with E-state index in [1.165, 1.54) is 11.6 Å². The van der Waals surface area contributed by atoms with Gasteiger partial charge in [0, 0.05) is 33.1 Å². The number of nitrogens with zero attached hydrogens (tertiary/aromatic N) is 1. The minimum Gasteiger partial charge on any atom is -0.458 e. The van der Waals surface area contributed by atoms with E-state index in [4.69, 9.17) is 9.72 Å². The Morgan fingerprint density at radius 3 is 2.62 bits per heavy atom. The van der Waals surface area contributed by atoms with Crippen molar-refractivity contribution in [2.75, 3.05) is 0 Å². The van der Waals surface area contributed by atoms with E-state index in [1.54, 1.807) is 23.9 Å². The van der Waals surface area contributed by atoms with Gasteiger partial charge in [0.25, 0.3) is 0 Å². The van der Waals surface area contributed by atoms with Crippen molar-refractivity contribution in [1.82, 2.24) is 4.98 Å². The molecular weight excluding hydrogens is 449 g/mol. The largest absolute Gasteiger partial charge is 0.458 e. The van der Waals surface area contributed by atoms with Crippen molar-refractivity contribution >= 4 is 34.7 Å². The maximum Gasteiger partial charge on any atom is 0.309 e. The first-order valence-corrected chi connectivity index (χ1v) is 12.7. The highest BCUT2D eigenvalue weighted by Gasteiger charge is 2.30. The number of halogens is 1. The number of aliphatic hydroxyl groups is 1. The molecule has 1 aliphatic carbocycles. The van der Waals surface area contributed by atoms with Crippen molar-refractivity contribution < 1.29 is 19.0 Å². The number of cyclic esters (lactones) is 1. The average Bonchev–Trinajstić information content (AvgIpc) is 3.63. The van der Waals surface area contributed by atoms with Gasteiger partial charge in [0.1, 0.15) is 11.9 Å². The summed E-state index contributed by atoms with van der Waals surface area (Å²) in [7, 11) is 0. The summed E-state index contributed by atoms with van der Waals surface area (Å²) < 4.78 is 19.7. The topological polar surface area (TPSA) is 59.4 Å². The van der Waals surface area contributed by atoms with Crippen LogP contribution in [0.1, 0.15) is 68.2 Å². The lowest BCUT2D eigenvalue weighted by molar-refractivity contribution is -0.156. The van der Waals surface area contributed by atoms with Gasteiger partial charge in [-0.15, -0.1) is 0 Å². The predicted octanol–water partition coefficient (Wildman–Crippen LogP) is 6.61. The zero-order valence-electron chi connectivity index (χ0n) is 19.3. The number of ether oxygens (including phenoxy) is 1. The Labute approximate surface area is 203 Å². The molecule has 4 nitrogen and oxygen atoms in total. The van der Waals surface area contributed by atoms with E-state index >= 15 is 0 Å². The second-order valence-corrected chi connectivity index (χ2v) is 10.6. The molecule has 0 bridgehead atoms. The van der Waals surface area contributed by atoms with Crippen LogP contribution in [0.4, 0.5) is 4.39 Å². The van der Waals surface area contributed by atoms with Crippen LogP contribution in [-0.4, -0.2) is 28.3 Å². The molecule has 34 heavy (non-hydrogen) atoms. The molecule has 0 spiro atoms. The molecule has 5 rings (SSSR count). The summed E-state index contributed by atoms with van der Waals surface area (Å²) in [6, 6.07) is 13.2. The second kappa shape index (κ2) is 9.51. The summed E-state index contributed by atoms with van der Waals surface area (Å²) in [5, 5.41) is 10.8. The smallest absolute Gasteiger partial charge is 0.309 e. The molecule has 1 N–H and O–H groups in total. The van der Waals surface area contributed by atoms with Gasteiger partial charge in [-0.3, -0.25) is 9.78 Å². The number of hydrogen-bond acceptors (Lipinski definition) is 5. The van der Waals surface area contributed by atoms with Crippen molar-refractivity contribution in [2.45, 2.75) is 73.4 Å². The Morgan fingerprint density at radius 1 is 1.18 bits per heavy atom. The SMILES string of the molecule is CC(C)c1ccc(Sc2c(/C=C/C3CC(O)CC(=O)O3)c(C3CC3)nc3ccc(F)cc23)cc1. The number of carbonyl (C=O) groups excluding carboxylic acids is 1. The summed E-state index contributed by atoms with van der Waals surface area (Å²) in [4.78, 5) is 18.7. The number of rotatable bonds is 6. The Bertz CT molecular complexity index is 1250. The molecule has 2 unspecified atom stereocenters. The van der Waals surface area contributed by atoms with Gasteiger partial charge >= 0.3 is 5.97 Å². The van der Waals surface area contributed by atoms with Crippen LogP contribution in [0.2, 0.25) is 0 Å². The second-order valence-electron chi connectivity index (χ2n) is 9.48. The number of fused-ring (bicyclic) bond motifs is 1. The normalized spacial score (nSPS) is 20.9. The third kappa shape index (κ3) is 5.03. The van der Waals surface area contributed by atoms with Crippen LogP contribution in [0.3, 0.4) is 0 Å². The molecule has 1 saturated heterocycles. The van der Waals surface area contributed by atoms with Gasteiger partial charge in [-0.1, -0.05) is 43.8 Å². The molecule has 176 valence electrons. The maximum absolute atomic E-state index is 14.3. The first kappa shape index (κ1) is 23.1. The molecule has 0 radical (unpaired) electrons. The fourth-order valence-corrected chi connectivity index (χ4v) is 5.41. The lowest BCUT2D eigenvalue weighted by Crippen LogP contribution is -2.31. The van der Waals surface area contributed by atoms with Crippen LogP contribution in [0.15, 0.2) is 58.3 Å². The summed E-state index contributed by atoms with van der Waals surface area (Å²) in [6.45, 7) is 4.34. The summed E-state index contributed by atoms with van der Waals surface area (Å²) >= 11 is 1.60. The zero-order valence-corrected chi connectivity index (χ0v) is 20.1. The molecule has 1 saturated carbocycles. The number of hydrogen-bond donors (Lipinski definition) is 1. The molecule has 2 heterocycles. The lowest BCUT2D eigenvalue weighted by Gasteiger charge is -2.23. The van der Waals surface area contributed by atoms with E-state index in [2.05, 4.69) is 38.1 Å². The quantitative estimate of drug-likeness (QED) is 0.405. The van der Waals surface area contributed by atoms with Gasteiger partial charge in [-0.25, -0.2) is 4.39 Å². The molecule has 1 aromatic heterocycles. The number of esters is 1. The third-order valence-electron chi connectivity index (χ3n) is 6.36. The highest BCUT2D eigenvalue weighted by atomic mass is 32.2. The molecule has 1 aliphatic heterocycles. The van der Waals surface area contributed by atoms with Gasteiger partial charge in [-0.05, 0) is 60.7 Å². The molecule has 0 amide bonds. The predicted molar refractivity (Wildman–Crippen MR) is 132 cm³/mol. The Morgan fingerprint density at radius 2 is 1.94 bits per heavy atom. The molecule has 3 aromatic rings. The molecular formula is C28H28FNO3S. The highest BCUT2D eigenvalue weighted by molar-refractivity contribution is 7.99. The number of aliphatic hydroxyl groups excluding tert-OH is 1. The van der Waals surface area contributed by atoms with Crippen LogP contribution in [0.5, 0.6) is 0 Å². The van der Waals surface area contributed by atoms with Gasteiger partial charge in [-0.2, -0.15) is 0 Å². The average molecular weight is 478 g/mol. The summed E-state index contributed by atoms with van der Waals surface area (Å²) in [5.74, 6) is 0.124. The van der Waals surface area contributed by atoms with E-state index in [0.29, 0.717) is 18.3 Å². The van der Waals surface area contributed by atoms with E-state index in [1.807, 2.05) is 12.2 Å². The Hall–Kier alpha value is -2.70. The van der Waals surface area contributed by atoms with E-state index in [9.17, 15) is 14.3 Å². The Balaban J connectivity index is 1.60. The first-order valence-electron chi connectivity index (χ1n) is 11.8. The minimum absolute atomic E-state index is 0.0297. The number of aromatic nitrogens is 1. The fraction of sp³-hybridized carbons (Fsp3) is 0.357. The standard InChI is InChI=1S/C28H28FNO3S/c1-16(2)17-5-9-22(10-6-17)34-28-23(11-8-21-14-20(31)15-26(32)33-21)27(18-3-4-18)30-25-12-7-19(29)13-24(25)28/h5-13,16,18,20-21,31H,3-4,14-15H2,1-2H3/b11-8+. The van der Waals surface area contributed by atoms with Crippen molar-refractivity contribution in [1.29, 1.82) is 0 Å². The van der Waals surface area contributed by atoms with Crippen LogP contribution in [-0.2, 0) is 9.53 Å². The van der Waals surface area contributed by atoms with E-state index < -0.39 is 18.2 Å². The van der Waals surface area contributed by atoms with Crippen LogP contribution < -0.4 is 0 Å². The summed E-state index contributed by atoms with van der Waals surface area (Å²) in [5.41, 5.74) is 3.99. The number of carbonyl (C=O) groups is 1. The monoisotopic (exact) mass is 477 g/mol. The number of pyridine rings is 1. The van der Waals surface area contributed by atoms with Crippen molar-refractivity contribution in [3.8, 4) is 0 Å². The molecule has 6 heteroatoms. The highest BCUT2D eigenvalue weighted by Crippen LogP contribution is 2.46. The van der Waals surface area contributed by atoms with Crippen molar-refractivity contribution in [3.63, 3.8) is 0 Å². The van der Waals surface area contributed by atoms with Gasteiger partial charge < -0.3 is 9.84 Å². The molecule has 2 atom stereocenters. The Kier molecular flexibility index (Phi) is 6.45. The molecule has 2 aliphatic rings. The maximum atomic E-state index is 14.3. The third-order valence-corrected chi connectivity index (χ3v) is 7.51. The van der Waals surface area contributed by atoms with E-state index in [0.717, 1.165) is 44.8 Å². The van der Waals surface area contributed by atoms with Gasteiger partial charge in [0.15, 0.2) is 0 Å². The van der Waals surface area contributed by atoms with Gasteiger partial charge in [0.2, 0.25) is 0 Å². The van der Waals surface area contributed by atoms with Crippen LogP contribution in [0.25, 0.3) is 17.0 Å². The van der Waals surface area contributed by atoms with Gasteiger partial charge in [0.05, 0.1) is 23.7 Å². The fourth-order valence-electron chi connectivity index (χ4n) is 4.35.